The van der Waals surface area contributed by atoms with Crippen LogP contribution in [0.3, 0.4) is 0 Å². The number of hydrogen-bond acceptors (Lipinski definition) is 0. The first-order valence-corrected chi connectivity index (χ1v) is 5.37. The Morgan fingerprint density at radius 2 is 1.81 bits per heavy atom. The van der Waals surface area contributed by atoms with Gasteiger partial charge in [-0.3, -0.25) is 0 Å². The fourth-order valence-electron chi connectivity index (χ4n) is 2.09. The first kappa shape index (κ1) is 10.9. The lowest BCUT2D eigenvalue weighted by atomic mass is 9.94. The van der Waals surface area contributed by atoms with Gasteiger partial charge < -0.3 is 0 Å². The summed E-state index contributed by atoms with van der Waals surface area (Å²) in [7, 11) is 0. The predicted molar refractivity (Wildman–Crippen MR) is 68.2 cm³/mol. The topological polar surface area (TPSA) is 0 Å². The summed E-state index contributed by atoms with van der Waals surface area (Å²) in [4.78, 5) is 0. The average Bonchev–Trinajstić information content (AvgIpc) is 2.26. The van der Waals surface area contributed by atoms with Gasteiger partial charge in [-0.25, -0.2) is 4.39 Å². The van der Waals surface area contributed by atoms with Crippen LogP contribution in [-0.4, -0.2) is 0 Å². The molecule has 2 aromatic rings. The molecule has 0 atom stereocenters. The molecular formula is C15H15F. The molecule has 0 heterocycles. The zero-order chi connectivity index (χ0) is 11.9. The number of hydrogen-bond donors (Lipinski definition) is 0. The van der Waals surface area contributed by atoms with Crippen molar-refractivity contribution >= 4 is 16.8 Å². The Kier molecular flexibility index (Phi) is 2.55. The van der Waals surface area contributed by atoms with Gasteiger partial charge in [0.2, 0.25) is 0 Å². The van der Waals surface area contributed by atoms with Crippen molar-refractivity contribution in [2.24, 2.45) is 0 Å². The Labute approximate surface area is 95.4 Å². The summed E-state index contributed by atoms with van der Waals surface area (Å²) < 4.78 is 14.1. The maximum absolute atomic E-state index is 14.1. The molecule has 0 unspecified atom stereocenters. The van der Waals surface area contributed by atoms with Crippen molar-refractivity contribution < 1.29 is 4.39 Å². The summed E-state index contributed by atoms with van der Waals surface area (Å²) in [6.45, 7) is 9.62. The molecule has 0 bridgehead atoms. The molecule has 0 amide bonds. The Balaban J connectivity index is 3.04. The van der Waals surface area contributed by atoms with Gasteiger partial charge >= 0.3 is 0 Å². The molecule has 2 rings (SSSR count). The predicted octanol–water partition coefficient (Wildman–Crippen LogP) is 4.55. The monoisotopic (exact) mass is 214 g/mol. The number of rotatable bonds is 1. The maximum Gasteiger partial charge on any atom is 0.134 e. The molecule has 2 aromatic carbocycles. The molecule has 0 aliphatic heterocycles. The van der Waals surface area contributed by atoms with Crippen LogP contribution in [0.1, 0.15) is 22.3 Å². The van der Waals surface area contributed by atoms with Crippen molar-refractivity contribution in [2.45, 2.75) is 20.8 Å². The minimum atomic E-state index is -0.129. The minimum Gasteiger partial charge on any atom is -0.206 e. The quantitative estimate of drug-likeness (QED) is 0.653. The van der Waals surface area contributed by atoms with E-state index in [0.717, 1.165) is 16.5 Å². The van der Waals surface area contributed by atoms with E-state index in [9.17, 15) is 4.39 Å². The van der Waals surface area contributed by atoms with Crippen molar-refractivity contribution in [1.82, 2.24) is 0 Å². The van der Waals surface area contributed by atoms with Gasteiger partial charge in [-0.1, -0.05) is 30.9 Å². The smallest absolute Gasteiger partial charge is 0.134 e. The van der Waals surface area contributed by atoms with Crippen molar-refractivity contribution in [3.63, 3.8) is 0 Å². The molecule has 0 saturated carbocycles. The highest BCUT2D eigenvalue weighted by Gasteiger charge is 2.11. The van der Waals surface area contributed by atoms with Gasteiger partial charge in [-0.05, 0) is 48.4 Å². The van der Waals surface area contributed by atoms with Crippen LogP contribution in [0.25, 0.3) is 16.8 Å². The average molecular weight is 214 g/mol. The normalized spacial score (nSPS) is 10.8. The van der Waals surface area contributed by atoms with E-state index in [0.29, 0.717) is 10.9 Å². The van der Waals surface area contributed by atoms with Crippen LogP contribution >= 0.6 is 0 Å². The van der Waals surface area contributed by atoms with Crippen LogP contribution < -0.4 is 0 Å². The summed E-state index contributed by atoms with van der Waals surface area (Å²) in [5, 5.41) is 1.64. The maximum atomic E-state index is 14.1. The molecule has 0 aliphatic rings. The third-order valence-electron chi connectivity index (χ3n) is 3.21. The van der Waals surface area contributed by atoms with Gasteiger partial charge in [0, 0.05) is 5.39 Å². The molecule has 0 aliphatic carbocycles. The van der Waals surface area contributed by atoms with E-state index in [4.69, 9.17) is 0 Å². The first-order chi connectivity index (χ1) is 7.56. The Morgan fingerprint density at radius 1 is 1.12 bits per heavy atom. The third-order valence-corrected chi connectivity index (χ3v) is 3.21. The van der Waals surface area contributed by atoms with E-state index >= 15 is 0 Å². The zero-order valence-corrected chi connectivity index (χ0v) is 9.89. The minimum absolute atomic E-state index is 0.129. The van der Waals surface area contributed by atoms with E-state index in [1.165, 1.54) is 5.56 Å². The highest BCUT2D eigenvalue weighted by Crippen LogP contribution is 2.29. The Hall–Kier alpha value is -1.63. The lowest BCUT2D eigenvalue weighted by Crippen LogP contribution is -1.93. The molecule has 0 aromatic heterocycles. The molecule has 0 saturated heterocycles. The van der Waals surface area contributed by atoms with Crippen molar-refractivity contribution in [3.05, 3.63) is 52.8 Å². The Bertz CT molecular complexity index is 580. The molecule has 16 heavy (non-hydrogen) atoms. The van der Waals surface area contributed by atoms with E-state index in [2.05, 4.69) is 6.58 Å². The van der Waals surface area contributed by atoms with Crippen LogP contribution in [0.2, 0.25) is 0 Å². The molecule has 0 N–H and O–H groups in total. The number of aryl methyl sites for hydroxylation is 2. The van der Waals surface area contributed by atoms with Gasteiger partial charge in [-0.2, -0.15) is 0 Å². The van der Waals surface area contributed by atoms with Gasteiger partial charge in [0.15, 0.2) is 0 Å². The second-order valence-corrected chi connectivity index (χ2v) is 4.23. The fraction of sp³-hybridized carbons (Fsp3) is 0.200. The van der Waals surface area contributed by atoms with Gasteiger partial charge in [0.05, 0.1) is 0 Å². The van der Waals surface area contributed by atoms with Gasteiger partial charge in [0.25, 0.3) is 0 Å². The van der Waals surface area contributed by atoms with E-state index in [1.54, 1.807) is 13.0 Å². The number of benzene rings is 2. The van der Waals surface area contributed by atoms with Crippen LogP contribution in [0.15, 0.2) is 24.8 Å². The van der Waals surface area contributed by atoms with Crippen molar-refractivity contribution in [1.29, 1.82) is 0 Å². The molecule has 0 nitrogen and oxygen atoms in total. The van der Waals surface area contributed by atoms with E-state index in [-0.39, 0.29) is 5.82 Å². The second-order valence-electron chi connectivity index (χ2n) is 4.23. The summed E-state index contributed by atoms with van der Waals surface area (Å²) in [6, 6.07) is 5.81. The standard InChI is InChI=1S/C15H15F/c1-5-13-11(4)10(3)8-12-7-6-9(2)15(16)14(12)13/h5-8H,1H2,2-4H3. The summed E-state index contributed by atoms with van der Waals surface area (Å²) in [5.74, 6) is -0.129. The lowest BCUT2D eigenvalue weighted by Gasteiger charge is -2.12. The summed E-state index contributed by atoms with van der Waals surface area (Å²) in [5.41, 5.74) is 3.87. The number of fused-ring (bicyclic) bond motifs is 1. The van der Waals surface area contributed by atoms with Gasteiger partial charge in [0.1, 0.15) is 5.82 Å². The van der Waals surface area contributed by atoms with Crippen LogP contribution in [0, 0.1) is 26.6 Å². The van der Waals surface area contributed by atoms with Gasteiger partial charge in [-0.15, -0.1) is 0 Å². The Morgan fingerprint density at radius 3 is 2.44 bits per heavy atom. The molecule has 0 radical (unpaired) electrons. The van der Waals surface area contributed by atoms with Crippen molar-refractivity contribution in [3.8, 4) is 0 Å². The molecule has 1 heteroatoms. The zero-order valence-electron chi connectivity index (χ0n) is 9.89. The number of halogens is 1. The van der Waals surface area contributed by atoms with E-state index < -0.39 is 0 Å². The second kappa shape index (κ2) is 3.75. The lowest BCUT2D eigenvalue weighted by molar-refractivity contribution is 0.630. The summed E-state index contributed by atoms with van der Waals surface area (Å²) in [6.07, 6.45) is 1.74. The molecular weight excluding hydrogens is 199 g/mol. The third kappa shape index (κ3) is 1.44. The van der Waals surface area contributed by atoms with Crippen LogP contribution in [-0.2, 0) is 0 Å². The van der Waals surface area contributed by atoms with Crippen LogP contribution in [0.5, 0.6) is 0 Å². The van der Waals surface area contributed by atoms with E-state index in [1.807, 2.05) is 32.0 Å². The largest absolute Gasteiger partial charge is 0.206 e. The molecule has 0 fully saturated rings. The fourth-order valence-corrected chi connectivity index (χ4v) is 2.09. The summed E-state index contributed by atoms with van der Waals surface area (Å²) >= 11 is 0. The highest BCUT2D eigenvalue weighted by atomic mass is 19.1. The molecule has 0 spiro atoms. The highest BCUT2D eigenvalue weighted by molar-refractivity contribution is 5.93. The van der Waals surface area contributed by atoms with Crippen molar-refractivity contribution in [2.75, 3.05) is 0 Å². The van der Waals surface area contributed by atoms with Crippen LogP contribution in [0.4, 0.5) is 4.39 Å². The first-order valence-electron chi connectivity index (χ1n) is 5.37. The molecule has 82 valence electrons. The SMILES string of the molecule is C=Cc1c(C)c(C)cc2ccc(C)c(F)c12.